The highest BCUT2D eigenvalue weighted by Gasteiger charge is 2.21. The smallest absolute Gasteiger partial charge is 0.239 e. The van der Waals surface area contributed by atoms with Gasteiger partial charge in [0.05, 0.1) is 12.6 Å². The van der Waals surface area contributed by atoms with E-state index in [4.69, 9.17) is 5.73 Å². The lowest BCUT2D eigenvalue weighted by Crippen LogP contribution is -2.35. The van der Waals surface area contributed by atoms with E-state index in [2.05, 4.69) is 36.6 Å². The van der Waals surface area contributed by atoms with Crippen LogP contribution in [0.15, 0.2) is 36.4 Å². The maximum Gasteiger partial charge on any atom is 0.239 e. The molecule has 1 aliphatic rings. The first-order valence-electron chi connectivity index (χ1n) is 8.52. The van der Waals surface area contributed by atoms with Crippen molar-refractivity contribution in [1.82, 2.24) is 5.32 Å². The van der Waals surface area contributed by atoms with E-state index >= 15 is 0 Å². The summed E-state index contributed by atoms with van der Waals surface area (Å²) in [6, 6.07) is 12.2. The van der Waals surface area contributed by atoms with Gasteiger partial charge in [0, 0.05) is 11.4 Å². The number of aryl methyl sites for hydroxylation is 3. The molecule has 0 spiro atoms. The number of nitrogens with one attached hydrogen (secondary N) is 2. The largest absolute Gasteiger partial charge is 0.399 e. The van der Waals surface area contributed by atoms with Crippen LogP contribution in [0, 0.1) is 13.8 Å². The summed E-state index contributed by atoms with van der Waals surface area (Å²) in [4.78, 5) is 12.4. The Kier molecular flexibility index (Phi) is 8.25. The molecule has 0 heterocycles. The highest BCUT2D eigenvalue weighted by molar-refractivity contribution is 5.85. The van der Waals surface area contributed by atoms with Crippen LogP contribution in [0.25, 0.3) is 0 Å². The molecule has 0 fully saturated rings. The molecule has 4 nitrogen and oxygen atoms in total. The Bertz CT molecular complexity index is 744. The van der Waals surface area contributed by atoms with Crippen molar-refractivity contribution in [3.63, 3.8) is 0 Å². The van der Waals surface area contributed by atoms with Gasteiger partial charge in [-0.25, -0.2) is 0 Å². The molecule has 0 bridgehead atoms. The third kappa shape index (κ3) is 5.05. The van der Waals surface area contributed by atoms with E-state index in [-0.39, 0.29) is 43.3 Å². The van der Waals surface area contributed by atoms with Crippen molar-refractivity contribution < 1.29 is 4.79 Å². The van der Waals surface area contributed by atoms with Crippen molar-refractivity contribution in [3.05, 3.63) is 58.7 Å². The van der Waals surface area contributed by atoms with Crippen LogP contribution < -0.4 is 16.4 Å². The quantitative estimate of drug-likeness (QED) is 0.674. The molecule has 1 unspecified atom stereocenters. The van der Waals surface area contributed by atoms with Crippen molar-refractivity contribution in [3.8, 4) is 0 Å². The van der Waals surface area contributed by atoms with E-state index in [0.29, 0.717) is 0 Å². The van der Waals surface area contributed by atoms with E-state index in [1.54, 1.807) is 0 Å². The van der Waals surface area contributed by atoms with Crippen LogP contribution in [0.4, 0.5) is 11.4 Å². The van der Waals surface area contributed by atoms with E-state index in [1.165, 1.54) is 11.1 Å². The predicted octanol–water partition coefficient (Wildman–Crippen LogP) is 4.33. The monoisotopic (exact) mass is 395 g/mol. The van der Waals surface area contributed by atoms with Crippen LogP contribution in [-0.2, 0) is 11.2 Å². The molecular formula is C20H27Cl2N3O. The molecule has 0 radical (unpaired) electrons. The third-order valence-corrected chi connectivity index (χ3v) is 4.72. The number of rotatable bonds is 4. The van der Waals surface area contributed by atoms with Gasteiger partial charge in [0.15, 0.2) is 0 Å². The average Bonchev–Trinajstić information content (AvgIpc) is 2.54. The molecule has 142 valence electrons. The Hall–Kier alpha value is -1.91. The number of para-hydroxylation sites is 1. The van der Waals surface area contributed by atoms with Gasteiger partial charge in [-0.3, -0.25) is 4.79 Å². The Balaban J connectivity index is 0.00000169. The Morgan fingerprint density at radius 3 is 2.54 bits per heavy atom. The van der Waals surface area contributed by atoms with Gasteiger partial charge in [-0.2, -0.15) is 0 Å². The summed E-state index contributed by atoms with van der Waals surface area (Å²) >= 11 is 0. The highest BCUT2D eigenvalue weighted by atomic mass is 35.5. The number of nitrogen functional groups attached to an aromatic ring is 1. The number of carbonyl (C=O) groups excluding carboxylic acids is 1. The van der Waals surface area contributed by atoms with E-state index < -0.39 is 0 Å². The number of hydrogen-bond acceptors (Lipinski definition) is 3. The number of nitrogens with two attached hydrogens (primary N) is 1. The van der Waals surface area contributed by atoms with Crippen molar-refractivity contribution in [1.29, 1.82) is 0 Å². The molecule has 2 aromatic carbocycles. The van der Waals surface area contributed by atoms with Gasteiger partial charge in [-0.05, 0) is 67.5 Å². The Morgan fingerprint density at radius 2 is 1.85 bits per heavy atom. The standard InChI is InChI=1S/C20H25N3O.2ClH/c1-13-5-3-6-14(2)20(13)22-12-19(24)23-18-8-4-7-15-11-16(21)9-10-17(15)18;;/h3,5-6,9-11,18,22H,4,7-8,12,21H2,1-2H3,(H,23,24);2*1H. The number of carbonyl (C=O) groups is 1. The van der Waals surface area contributed by atoms with Crippen LogP contribution in [-0.4, -0.2) is 12.5 Å². The number of fused-ring (bicyclic) bond motifs is 1. The van der Waals surface area contributed by atoms with Crippen molar-refractivity contribution in [2.45, 2.75) is 39.2 Å². The zero-order valence-corrected chi connectivity index (χ0v) is 16.8. The molecule has 6 heteroatoms. The third-order valence-electron chi connectivity index (χ3n) is 4.72. The van der Waals surface area contributed by atoms with E-state index in [1.807, 2.05) is 24.3 Å². The van der Waals surface area contributed by atoms with Gasteiger partial charge in [0.25, 0.3) is 0 Å². The minimum absolute atomic E-state index is 0. The topological polar surface area (TPSA) is 67.2 Å². The number of amides is 1. The summed E-state index contributed by atoms with van der Waals surface area (Å²) in [5, 5.41) is 6.43. The minimum atomic E-state index is 0. The van der Waals surface area contributed by atoms with Gasteiger partial charge < -0.3 is 16.4 Å². The van der Waals surface area contributed by atoms with Crippen LogP contribution >= 0.6 is 24.8 Å². The second-order valence-electron chi connectivity index (χ2n) is 6.59. The van der Waals surface area contributed by atoms with Crippen LogP contribution in [0.1, 0.15) is 41.1 Å². The SMILES string of the molecule is Cc1cccc(C)c1NCC(=O)NC1CCCc2cc(N)ccc21.Cl.Cl. The Labute approximate surface area is 167 Å². The van der Waals surface area contributed by atoms with E-state index in [9.17, 15) is 4.79 Å². The fourth-order valence-electron chi connectivity index (χ4n) is 3.49. The van der Waals surface area contributed by atoms with Crippen LogP contribution in [0.3, 0.4) is 0 Å². The van der Waals surface area contributed by atoms with Crippen LogP contribution in [0.2, 0.25) is 0 Å². The first-order valence-corrected chi connectivity index (χ1v) is 8.52. The molecule has 2 aromatic rings. The normalized spacial score (nSPS) is 15.1. The fraction of sp³-hybridized carbons (Fsp3) is 0.350. The molecule has 0 aliphatic heterocycles. The average molecular weight is 396 g/mol. The summed E-state index contributed by atoms with van der Waals surface area (Å²) in [5.41, 5.74) is 12.5. The number of hydrogen-bond donors (Lipinski definition) is 3. The van der Waals surface area contributed by atoms with Gasteiger partial charge in [0.2, 0.25) is 5.91 Å². The zero-order chi connectivity index (χ0) is 17.1. The maximum absolute atomic E-state index is 12.4. The van der Waals surface area contributed by atoms with Gasteiger partial charge in [-0.1, -0.05) is 24.3 Å². The lowest BCUT2D eigenvalue weighted by Gasteiger charge is -2.27. The number of halogens is 2. The lowest BCUT2D eigenvalue weighted by molar-refractivity contribution is -0.120. The second-order valence-corrected chi connectivity index (χ2v) is 6.59. The first-order chi connectivity index (χ1) is 11.5. The summed E-state index contributed by atoms with van der Waals surface area (Å²) in [5.74, 6) is 0.0207. The summed E-state index contributed by atoms with van der Waals surface area (Å²) in [6.07, 6.45) is 3.09. The first kappa shape index (κ1) is 22.1. The molecule has 0 saturated carbocycles. The van der Waals surface area contributed by atoms with Crippen molar-refractivity contribution in [2.24, 2.45) is 0 Å². The Morgan fingerprint density at radius 1 is 1.15 bits per heavy atom. The second kappa shape index (κ2) is 9.70. The highest BCUT2D eigenvalue weighted by Crippen LogP contribution is 2.31. The maximum atomic E-state index is 12.4. The molecule has 26 heavy (non-hydrogen) atoms. The van der Waals surface area contributed by atoms with Crippen molar-refractivity contribution >= 4 is 42.1 Å². The summed E-state index contributed by atoms with van der Waals surface area (Å²) < 4.78 is 0. The molecule has 0 saturated heterocycles. The summed E-state index contributed by atoms with van der Waals surface area (Å²) in [7, 11) is 0. The molecule has 0 aromatic heterocycles. The fourth-order valence-corrected chi connectivity index (χ4v) is 3.49. The minimum Gasteiger partial charge on any atom is -0.399 e. The molecular weight excluding hydrogens is 369 g/mol. The van der Waals surface area contributed by atoms with Gasteiger partial charge in [-0.15, -0.1) is 24.8 Å². The van der Waals surface area contributed by atoms with Gasteiger partial charge >= 0.3 is 0 Å². The predicted molar refractivity (Wildman–Crippen MR) is 114 cm³/mol. The van der Waals surface area contributed by atoms with Crippen LogP contribution in [0.5, 0.6) is 0 Å². The van der Waals surface area contributed by atoms with Crippen molar-refractivity contribution in [2.75, 3.05) is 17.6 Å². The zero-order valence-electron chi connectivity index (χ0n) is 15.2. The number of anilines is 2. The molecule has 1 atom stereocenters. The lowest BCUT2D eigenvalue weighted by atomic mass is 9.87. The number of benzene rings is 2. The van der Waals surface area contributed by atoms with Gasteiger partial charge in [0.1, 0.15) is 0 Å². The van der Waals surface area contributed by atoms with E-state index in [0.717, 1.165) is 41.8 Å². The molecule has 1 aliphatic carbocycles. The molecule has 4 N–H and O–H groups in total. The molecule has 3 rings (SSSR count). The summed E-state index contributed by atoms with van der Waals surface area (Å²) in [6.45, 7) is 4.39. The molecule has 1 amide bonds.